The number of ether oxygens (including phenoxy) is 1. The van der Waals surface area contributed by atoms with Crippen LogP contribution in [-0.2, 0) is 16.0 Å². The van der Waals surface area contributed by atoms with Crippen LogP contribution >= 0.6 is 0 Å². The second kappa shape index (κ2) is 8.86. The summed E-state index contributed by atoms with van der Waals surface area (Å²) in [7, 11) is -1.72. The first kappa shape index (κ1) is 19.2. The Hall–Kier alpha value is -2.61. The Labute approximate surface area is 157 Å². The lowest BCUT2D eigenvalue weighted by atomic mass is 9.75. The van der Waals surface area contributed by atoms with Crippen LogP contribution in [0.25, 0.3) is 11.0 Å². The van der Waals surface area contributed by atoms with E-state index >= 15 is 0 Å². The van der Waals surface area contributed by atoms with Crippen LogP contribution in [0.4, 0.5) is 0 Å². The minimum absolute atomic E-state index is 0.216. The smallest absolute Gasteiger partial charge is 0.464 e. The van der Waals surface area contributed by atoms with Crippen molar-refractivity contribution in [3.05, 3.63) is 72.0 Å². The van der Waals surface area contributed by atoms with Gasteiger partial charge < -0.3 is 24.5 Å². The molecule has 0 aliphatic carbocycles. The third kappa shape index (κ3) is 4.57. The van der Waals surface area contributed by atoms with E-state index < -0.39 is 25.1 Å². The number of carbonyl (C=O) groups is 1. The summed E-state index contributed by atoms with van der Waals surface area (Å²) in [5.74, 6) is -1.32. The van der Waals surface area contributed by atoms with Crippen molar-refractivity contribution in [3.8, 4) is 0 Å². The number of benzene rings is 2. The zero-order chi connectivity index (χ0) is 19.2. The van der Waals surface area contributed by atoms with Gasteiger partial charge in [-0.05, 0) is 30.5 Å². The fourth-order valence-electron chi connectivity index (χ4n) is 3.03. The molecule has 27 heavy (non-hydrogen) atoms. The SMILES string of the molecule is CCO[C@@H](C(=O)N[C@@H](Cc1coc2ccccc12)B(O)O)c1ccccc1. The molecule has 0 radical (unpaired) electrons. The van der Waals surface area contributed by atoms with Gasteiger partial charge in [0.05, 0.1) is 12.2 Å². The predicted octanol–water partition coefficient (Wildman–Crippen LogP) is 2.25. The molecule has 3 aromatic rings. The normalized spacial score (nSPS) is 13.3. The van der Waals surface area contributed by atoms with Crippen LogP contribution in [0.2, 0.25) is 0 Å². The Morgan fingerprint density at radius 1 is 1.15 bits per heavy atom. The Kier molecular flexibility index (Phi) is 6.29. The van der Waals surface area contributed by atoms with Crippen molar-refractivity contribution in [1.29, 1.82) is 0 Å². The van der Waals surface area contributed by atoms with Crippen molar-refractivity contribution in [3.63, 3.8) is 0 Å². The molecule has 2 aromatic carbocycles. The second-order valence-electron chi connectivity index (χ2n) is 6.24. The third-order valence-corrected chi connectivity index (χ3v) is 4.36. The van der Waals surface area contributed by atoms with E-state index in [-0.39, 0.29) is 6.42 Å². The molecule has 0 saturated heterocycles. The number of hydrogen-bond donors (Lipinski definition) is 3. The number of amides is 1. The predicted molar refractivity (Wildman–Crippen MR) is 103 cm³/mol. The summed E-state index contributed by atoms with van der Waals surface area (Å²) < 4.78 is 11.1. The van der Waals surface area contributed by atoms with Crippen molar-refractivity contribution in [2.75, 3.05) is 6.61 Å². The van der Waals surface area contributed by atoms with Crippen LogP contribution in [0, 0.1) is 0 Å². The van der Waals surface area contributed by atoms with E-state index in [0.29, 0.717) is 17.8 Å². The van der Waals surface area contributed by atoms with Gasteiger partial charge in [-0.15, -0.1) is 0 Å². The van der Waals surface area contributed by atoms with E-state index in [2.05, 4.69) is 5.32 Å². The topological polar surface area (TPSA) is 91.9 Å². The Morgan fingerprint density at radius 3 is 2.56 bits per heavy atom. The van der Waals surface area contributed by atoms with Crippen LogP contribution in [0.5, 0.6) is 0 Å². The summed E-state index contributed by atoms with van der Waals surface area (Å²) in [5, 5.41) is 23.1. The number of nitrogens with one attached hydrogen (secondary N) is 1. The summed E-state index contributed by atoms with van der Waals surface area (Å²) in [5.41, 5.74) is 2.20. The van der Waals surface area contributed by atoms with Crippen LogP contribution < -0.4 is 5.32 Å². The molecule has 0 unspecified atom stereocenters. The molecule has 3 rings (SSSR count). The number of hydrogen-bond acceptors (Lipinski definition) is 5. The summed E-state index contributed by atoms with van der Waals surface area (Å²) >= 11 is 0. The molecule has 0 bridgehead atoms. The van der Waals surface area contributed by atoms with Gasteiger partial charge in [-0.3, -0.25) is 4.79 Å². The molecular weight excluding hydrogens is 345 g/mol. The Morgan fingerprint density at radius 2 is 1.85 bits per heavy atom. The monoisotopic (exact) mass is 367 g/mol. The first-order chi connectivity index (χ1) is 13.1. The minimum atomic E-state index is -1.72. The summed E-state index contributed by atoms with van der Waals surface area (Å²) in [6, 6.07) is 16.6. The highest BCUT2D eigenvalue weighted by Crippen LogP contribution is 2.23. The molecule has 1 aromatic heterocycles. The highest BCUT2D eigenvalue weighted by atomic mass is 16.5. The molecular formula is C20H22BNO5. The Bertz CT molecular complexity index is 880. The van der Waals surface area contributed by atoms with Crippen molar-refractivity contribution in [1.82, 2.24) is 5.32 Å². The standard InChI is InChI=1S/C20H22BNO5/c1-2-26-19(14-8-4-3-5-9-14)20(23)22-18(21(24)25)12-15-13-27-17-11-7-6-10-16(15)17/h3-11,13,18-19,24-25H,2,12H2,1H3,(H,22,23)/t18-,19+/m0/s1. The number of para-hydroxylation sites is 1. The van der Waals surface area contributed by atoms with E-state index in [1.165, 1.54) is 0 Å². The van der Waals surface area contributed by atoms with Crippen molar-refractivity contribution >= 4 is 24.0 Å². The van der Waals surface area contributed by atoms with Gasteiger partial charge in [-0.25, -0.2) is 0 Å². The first-order valence-electron chi connectivity index (χ1n) is 8.88. The van der Waals surface area contributed by atoms with Crippen molar-refractivity contribution in [2.45, 2.75) is 25.4 Å². The first-order valence-corrected chi connectivity index (χ1v) is 8.88. The van der Waals surface area contributed by atoms with E-state index in [9.17, 15) is 14.8 Å². The maximum Gasteiger partial charge on any atom is 0.475 e. The molecule has 0 aliphatic heterocycles. The fraction of sp³-hybridized carbons (Fsp3) is 0.250. The Balaban J connectivity index is 1.77. The van der Waals surface area contributed by atoms with Gasteiger partial charge in [0.2, 0.25) is 0 Å². The highest BCUT2D eigenvalue weighted by Gasteiger charge is 2.30. The molecule has 0 spiro atoms. The lowest BCUT2D eigenvalue weighted by Gasteiger charge is -2.22. The lowest BCUT2D eigenvalue weighted by Crippen LogP contribution is -2.49. The van der Waals surface area contributed by atoms with Crippen LogP contribution in [-0.4, -0.2) is 35.6 Å². The fourth-order valence-corrected chi connectivity index (χ4v) is 3.03. The molecule has 7 heteroatoms. The third-order valence-electron chi connectivity index (χ3n) is 4.36. The molecule has 140 valence electrons. The number of rotatable bonds is 8. The van der Waals surface area contributed by atoms with E-state index in [1.807, 2.05) is 42.5 Å². The quantitative estimate of drug-likeness (QED) is 0.531. The van der Waals surface area contributed by atoms with Crippen LogP contribution in [0.1, 0.15) is 24.2 Å². The van der Waals surface area contributed by atoms with Crippen LogP contribution in [0.15, 0.2) is 65.3 Å². The molecule has 1 heterocycles. The van der Waals surface area contributed by atoms with Gasteiger partial charge in [-0.1, -0.05) is 48.5 Å². The van der Waals surface area contributed by atoms with Gasteiger partial charge >= 0.3 is 7.12 Å². The maximum absolute atomic E-state index is 12.8. The van der Waals surface area contributed by atoms with Gasteiger partial charge in [0, 0.05) is 12.0 Å². The molecule has 2 atom stereocenters. The molecule has 6 nitrogen and oxygen atoms in total. The largest absolute Gasteiger partial charge is 0.475 e. The molecule has 0 saturated carbocycles. The summed E-state index contributed by atoms with van der Waals surface area (Å²) in [4.78, 5) is 12.8. The highest BCUT2D eigenvalue weighted by molar-refractivity contribution is 6.43. The minimum Gasteiger partial charge on any atom is -0.464 e. The maximum atomic E-state index is 12.8. The average Bonchev–Trinajstić information content (AvgIpc) is 3.09. The van der Waals surface area contributed by atoms with Gasteiger partial charge in [0.25, 0.3) is 5.91 Å². The second-order valence-corrected chi connectivity index (χ2v) is 6.24. The zero-order valence-electron chi connectivity index (χ0n) is 15.0. The van der Waals surface area contributed by atoms with Crippen molar-refractivity contribution in [2.24, 2.45) is 0 Å². The van der Waals surface area contributed by atoms with Gasteiger partial charge in [-0.2, -0.15) is 0 Å². The van der Waals surface area contributed by atoms with Crippen LogP contribution in [0.3, 0.4) is 0 Å². The van der Waals surface area contributed by atoms with Gasteiger partial charge in [0.1, 0.15) is 5.58 Å². The van der Waals surface area contributed by atoms with Gasteiger partial charge in [0.15, 0.2) is 6.10 Å². The molecule has 1 amide bonds. The number of furan rings is 1. The zero-order valence-corrected chi connectivity index (χ0v) is 15.0. The van der Waals surface area contributed by atoms with E-state index in [1.54, 1.807) is 25.3 Å². The number of carbonyl (C=O) groups excluding carboxylic acids is 1. The number of fused-ring (bicyclic) bond motifs is 1. The molecule has 3 N–H and O–H groups in total. The summed E-state index contributed by atoms with van der Waals surface area (Å²) in [6.45, 7) is 2.16. The van der Waals surface area contributed by atoms with E-state index in [0.717, 1.165) is 10.9 Å². The lowest BCUT2D eigenvalue weighted by molar-refractivity contribution is -0.133. The summed E-state index contributed by atoms with van der Waals surface area (Å²) in [6.07, 6.45) is 0.968. The van der Waals surface area contributed by atoms with E-state index in [4.69, 9.17) is 9.15 Å². The van der Waals surface area contributed by atoms with Crippen molar-refractivity contribution < 1.29 is 24.0 Å². The molecule has 0 aliphatic rings. The average molecular weight is 367 g/mol. The molecule has 0 fully saturated rings.